The van der Waals surface area contributed by atoms with Crippen molar-refractivity contribution in [3.05, 3.63) is 65.9 Å². The van der Waals surface area contributed by atoms with E-state index in [1.807, 2.05) is 24.3 Å². The van der Waals surface area contributed by atoms with E-state index in [0.717, 1.165) is 22.9 Å². The minimum Gasteiger partial charge on any atom is -0.508 e. The molecule has 4 atom stereocenters. The smallest absolute Gasteiger partial charge is 0.326 e. The Morgan fingerprint density at radius 2 is 1.56 bits per heavy atom. The predicted octanol–water partition coefficient (Wildman–Crippen LogP) is 0.674. The van der Waals surface area contributed by atoms with Gasteiger partial charge >= 0.3 is 5.97 Å². The van der Waals surface area contributed by atoms with E-state index in [1.165, 1.54) is 19.1 Å². The molecular formula is C29H38N6O6. The number of nitrogens with two attached hydrogens (primary N) is 2. The van der Waals surface area contributed by atoms with Gasteiger partial charge in [0.25, 0.3) is 0 Å². The van der Waals surface area contributed by atoms with Crippen molar-refractivity contribution in [2.45, 2.75) is 63.2 Å². The normalized spacial score (nSPS) is 14.0. The van der Waals surface area contributed by atoms with Crippen LogP contribution >= 0.6 is 0 Å². The Kier molecular flexibility index (Phi) is 11.2. The van der Waals surface area contributed by atoms with E-state index in [4.69, 9.17) is 11.5 Å². The van der Waals surface area contributed by atoms with Gasteiger partial charge in [0.05, 0.1) is 6.04 Å². The number of phenolic OH excluding ortho intramolecular Hbond substituents is 1. The maximum Gasteiger partial charge on any atom is 0.326 e. The van der Waals surface area contributed by atoms with Crippen LogP contribution in [-0.2, 0) is 32.0 Å². The summed E-state index contributed by atoms with van der Waals surface area (Å²) >= 11 is 0. The van der Waals surface area contributed by atoms with Gasteiger partial charge in [-0.25, -0.2) is 4.79 Å². The number of carbonyl (C=O) groups excluding carboxylic acids is 3. The number of aromatic hydroxyl groups is 1. The van der Waals surface area contributed by atoms with Crippen LogP contribution in [0.25, 0.3) is 10.9 Å². The van der Waals surface area contributed by atoms with E-state index < -0.39 is 47.9 Å². The van der Waals surface area contributed by atoms with Crippen LogP contribution < -0.4 is 27.4 Å². The zero-order valence-electron chi connectivity index (χ0n) is 22.9. The van der Waals surface area contributed by atoms with Gasteiger partial charge in [-0.05, 0) is 55.6 Å². The highest BCUT2D eigenvalue weighted by Gasteiger charge is 2.29. The Morgan fingerprint density at radius 3 is 2.24 bits per heavy atom. The van der Waals surface area contributed by atoms with E-state index in [1.54, 1.807) is 18.3 Å². The number of benzene rings is 2. The highest BCUT2D eigenvalue weighted by atomic mass is 16.4. The molecule has 0 aliphatic rings. The molecule has 0 bridgehead atoms. The Bertz CT molecular complexity index is 1340. The van der Waals surface area contributed by atoms with Crippen LogP contribution in [-0.4, -0.2) is 69.6 Å². The largest absolute Gasteiger partial charge is 0.508 e. The van der Waals surface area contributed by atoms with Crippen molar-refractivity contribution in [1.82, 2.24) is 20.9 Å². The van der Waals surface area contributed by atoms with Gasteiger partial charge in [0, 0.05) is 29.9 Å². The third-order valence-electron chi connectivity index (χ3n) is 6.78. The SMILES string of the molecule is CC(NC(=O)C(Cc1c[nH]c2ccccc12)NC(=O)C(N)CCCCN)C(=O)NC(Cc1ccc(O)cc1)C(=O)O. The average molecular weight is 567 g/mol. The lowest BCUT2D eigenvalue weighted by molar-refractivity contribution is -0.142. The highest BCUT2D eigenvalue weighted by molar-refractivity contribution is 5.94. The summed E-state index contributed by atoms with van der Waals surface area (Å²) in [6.07, 6.45) is 3.65. The number of H-pyrrole nitrogens is 1. The lowest BCUT2D eigenvalue weighted by Crippen LogP contribution is -2.57. The van der Waals surface area contributed by atoms with Crippen LogP contribution in [0.4, 0.5) is 0 Å². The van der Waals surface area contributed by atoms with Gasteiger partial charge < -0.3 is 42.6 Å². The van der Waals surface area contributed by atoms with Crippen molar-refractivity contribution in [2.24, 2.45) is 11.5 Å². The summed E-state index contributed by atoms with van der Waals surface area (Å²) in [6.45, 7) is 1.91. The van der Waals surface area contributed by atoms with Crippen molar-refractivity contribution in [3.63, 3.8) is 0 Å². The first-order valence-corrected chi connectivity index (χ1v) is 13.5. The summed E-state index contributed by atoms with van der Waals surface area (Å²) in [5.74, 6) is -3.05. The number of rotatable bonds is 15. The molecule has 0 radical (unpaired) electrons. The number of unbranched alkanes of at least 4 members (excludes halogenated alkanes) is 1. The molecule has 4 unspecified atom stereocenters. The van der Waals surface area contributed by atoms with Crippen molar-refractivity contribution >= 4 is 34.6 Å². The number of carboxylic acid groups (broad SMARTS) is 1. The Morgan fingerprint density at radius 1 is 0.878 bits per heavy atom. The molecular weight excluding hydrogens is 528 g/mol. The molecule has 3 amide bonds. The lowest BCUT2D eigenvalue weighted by Gasteiger charge is -2.23. The van der Waals surface area contributed by atoms with Crippen molar-refractivity contribution in [1.29, 1.82) is 0 Å². The minimum absolute atomic E-state index is 0.0245. The van der Waals surface area contributed by atoms with Crippen molar-refractivity contribution in [3.8, 4) is 5.75 Å². The number of aromatic amines is 1. The fourth-order valence-electron chi connectivity index (χ4n) is 4.39. The van der Waals surface area contributed by atoms with Gasteiger partial charge in [0.15, 0.2) is 0 Å². The first-order valence-electron chi connectivity index (χ1n) is 13.5. The molecule has 220 valence electrons. The number of amides is 3. The molecule has 2 aromatic carbocycles. The maximum absolute atomic E-state index is 13.4. The molecule has 0 spiro atoms. The lowest BCUT2D eigenvalue weighted by atomic mass is 10.0. The second-order valence-electron chi connectivity index (χ2n) is 10.0. The molecule has 1 heterocycles. The van der Waals surface area contributed by atoms with E-state index >= 15 is 0 Å². The summed E-state index contributed by atoms with van der Waals surface area (Å²) in [4.78, 5) is 54.1. The van der Waals surface area contributed by atoms with Gasteiger partial charge in [-0.2, -0.15) is 0 Å². The summed E-state index contributed by atoms with van der Waals surface area (Å²) in [5, 5.41) is 27.7. The second kappa shape index (κ2) is 14.8. The van der Waals surface area contributed by atoms with Gasteiger partial charge in [0.1, 0.15) is 23.9 Å². The van der Waals surface area contributed by atoms with Gasteiger partial charge in [-0.1, -0.05) is 36.8 Å². The Labute approximate surface area is 237 Å². The summed E-state index contributed by atoms with van der Waals surface area (Å²) in [5.41, 5.74) is 13.8. The Balaban J connectivity index is 1.70. The van der Waals surface area contributed by atoms with Gasteiger partial charge in [-0.3, -0.25) is 14.4 Å². The third-order valence-corrected chi connectivity index (χ3v) is 6.78. The van der Waals surface area contributed by atoms with Crippen LogP contribution in [0, 0.1) is 0 Å². The number of nitrogens with one attached hydrogen (secondary N) is 4. The van der Waals surface area contributed by atoms with Gasteiger partial charge in [0.2, 0.25) is 17.7 Å². The number of fused-ring (bicyclic) bond motifs is 1. The van der Waals surface area contributed by atoms with Crippen molar-refractivity contribution in [2.75, 3.05) is 6.54 Å². The van der Waals surface area contributed by atoms with Crippen LogP contribution in [0.3, 0.4) is 0 Å². The summed E-state index contributed by atoms with van der Waals surface area (Å²) in [6, 6.07) is 9.23. The van der Waals surface area contributed by atoms with Crippen LogP contribution in [0.15, 0.2) is 54.7 Å². The van der Waals surface area contributed by atoms with E-state index in [-0.39, 0.29) is 18.6 Å². The fourth-order valence-corrected chi connectivity index (χ4v) is 4.39. The molecule has 3 rings (SSSR count). The van der Waals surface area contributed by atoms with Crippen LogP contribution in [0.5, 0.6) is 5.75 Å². The molecule has 0 saturated heterocycles. The average Bonchev–Trinajstić information content (AvgIpc) is 3.35. The topological polar surface area (TPSA) is 213 Å². The molecule has 10 N–H and O–H groups in total. The van der Waals surface area contributed by atoms with Gasteiger partial charge in [-0.15, -0.1) is 0 Å². The molecule has 0 fully saturated rings. The highest BCUT2D eigenvalue weighted by Crippen LogP contribution is 2.19. The number of aliphatic carboxylic acids is 1. The number of hydrogen-bond acceptors (Lipinski definition) is 7. The minimum atomic E-state index is -1.26. The molecule has 1 aromatic heterocycles. The fraction of sp³-hybridized carbons (Fsp3) is 0.379. The molecule has 3 aromatic rings. The first kappa shape index (κ1) is 31.1. The number of phenols is 1. The number of carboxylic acids is 1. The van der Waals surface area contributed by atoms with Crippen LogP contribution in [0.2, 0.25) is 0 Å². The number of hydrogen-bond donors (Lipinski definition) is 8. The number of aromatic nitrogens is 1. The predicted molar refractivity (Wildman–Crippen MR) is 154 cm³/mol. The maximum atomic E-state index is 13.4. The molecule has 0 saturated carbocycles. The van der Waals surface area contributed by atoms with Crippen molar-refractivity contribution < 1.29 is 29.4 Å². The zero-order chi connectivity index (χ0) is 29.9. The molecule has 12 nitrogen and oxygen atoms in total. The molecule has 0 aliphatic heterocycles. The summed E-state index contributed by atoms with van der Waals surface area (Å²) in [7, 11) is 0. The monoisotopic (exact) mass is 566 g/mol. The summed E-state index contributed by atoms with van der Waals surface area (Å²) < 4.78 is 0. The molecule has 12 heteroatoms. The standard InChI is InChI=1S/C29H38N6O6/c1-17(26(37)35-25(29(40)41)14-18-9-11-20(36)12-10-18)33-28(39)24(34-27(38)22(31)7-4-5-13-30)15-19-16-32-23-8-3-2-6-21(19)23/h2-3,6,8-12,16-17,22,24-25,32,36H,4-5,7,13-15,30-31H2,1H3,(H,33,39)(H,34,38)(H,35,37)(H,40,41). The van der Waals surface area contributed by atoms with E-state index in [9.17, 15) is 29.4 Å². The van der Waals surface area contributed by atoms with E-state index in [2.05, 4.69) is 20.9 Å². The number of para-hydroxylation sites is 1. The molecule has 0 aliphatic carbocycles. The first-order chi connectivity index (χ1) is 19.6. The zero-order valence-corrected chi connectivity index (χ0v) is 22.9. The van der Waals surface area contributed by atoms with Crippen LogP contribution in [0.1, 0.15) is 37.3 Å². The third kappa shape index (κ3) is 9.05. The second-order valence-corrected chi connectivity index (χ2v) is 10.0. The number of carbonyl (C=O) groups is 4. The molecule has 41 heavy (non-hydrogen) atoms. The van der Waals surface area contributed by atoms with E-state index in [0.29, 0.717) is 24.9 Å². The Hall–Kier alpha value is -4.42. The quantitative estimate of drug-likeness (QED) is 0.122.